The molecular formula is C26H27FN4O2. The van der Waals surface area contributed by atoms with Gasteiger partial charge in [0, 0.05) is 38.3 Å². The van der Waals surface area contributed by atoms with Crippen LogP contribution in [-0.4, -0.2) is 47.4 Å². The molecule has 3 aromatic carbocycles. The zero-order chi connectivity index (χ0) is 23.4. The molecule has 1 heterocycles. The number of hydrogen-bond donors (Lipinski definition) is 2. The fraction of sp³-hybridized carbons (Fsp3) is 0.231. The van der Waals surface area contributed by atoms with Crippen molar-refractivity contribution in [1.29, 1.82) is 0 Å². The number of carbonyl (C=O) groups is 2. The van der Waals surface area contributed by atoms with Gasteiger partial charge in [0.15, 0.2) is 0 Å². The molecule has 0 aliphatic carbocycles. The first-order valence-corrected chi connectivity index (χ1v) is 10.9. The number of nitrogens with two attached hydrogens (primary N) is 1. The minimum absolute atomic E-state index is 0.0381. The van der Waals surface area contributed by atoms with E-state index in [1.54, 1.807) is 24.3 Å². The molecule has 4 rings (SSSR count). The third-order valence-corrected chi connectivity index (χ3v) is 5.90. The van der Waals surface area contributed by atoms with Crippen LogP contribution < -0.4 is 11.1 Å². The zero-order valence-corrected chi connectivity index (χ0v) is 18.5. The number of rotatable bonds is 5. The molecule has 1 saturated heterocycles. The lowest BCUT2D eigenvalue weighted by Gasteiger charge is -2.39. The lowest BCUT2D eigenvalue weighted by atomic mass is 10.0. The minimum atomic E-state index is -0.655. The van der Waals surface area contributed by atoms with Crippen LogP contribution in [0.4, 0.5) is 14.9 Å². The number of piperazine rings is 1. The van der Waals surface area contributed by atoms with Gasteiger partial charge in [-0.25, -0.2) is 9.18 Å². The molecule has 1 unspecified atom stereocenters. The largest absolute Gasteiger partial charge is 0.351 e. The first kappa shape index (κ1) is 22.5. The Kier molecular flexibility index (Phi) is 6.70. The number of primary amides is 1. The van der Waals surface area contributed by atoms with E-state index in [1.807, 2.05) is 48.2 Å². The van der Waals surface area contributed by atoms with Crippen LogP contribution in [-0.2, 0) is 11.3 Å². The van der Waals surface area contributed by atoms with Gasteiger partial charge in [0.25, 0.3) is 0 Å². The summed E-state index contributed by atoms with van der Waals surface area (Å²) in [6.07, 6.45) is 3.26. The lowest BCUT2D eigenvalue weighted by Crippen LogP contribution is -2.53. The van der Waals surface area contributed by atoms with Gasteiger partial charge in [0.05, 0.1) is 5.69 Å². The van der Waals surface area contributed by atoms with Crippen LogP contribution in [0.25, 0.3) is 16.8 Å². The van der Waals surface area contributed by atoms with Crippen LogP contribution in [0.1, 0.15) is 18.1 Å². The second kappa shape index (κ2) is 9.83. The number of amides is 3. The first-order valence-electron chi connectivity index (χ1n) is 10.9. The van der Waals surface area contributed by atoms with E-state index >= 15 is 0 Å². The van der Waals surface area contributed by atoms with Gasteiger partial charge in [0.2, 0.25) is 5.91 Å². The predicted octanol–water partition coefficient (Wildman–Crippen LogP) is 4.22. The normalized spacial score (nSPS) is 16.9. The third-order valence-electron chi connectivity index (χ3n) is 5.90. The Balaban J connectivity index is 1.44. The molecule has 7 heteroatoms. The van der Waals surface area contributed by atoms with Crippen molar-refractivity contribution >= 4 is 34.5 Å². The molecule has 0 aromatic heterocycles. The summed E-state index contributed by atoms with van der Waals surface area (Å²) in [6.45, 7) is 4.84. The van der Waals surface area contributed by atoms with Gasteiger partial charge >= 0.3 is 6.03 Å². The van der Waals surface area contributed by atoms with Gasteiger partial charge in [-0.3, -0.25) is 9.69 Å². The summed E-state index contributed by atoms with van der Waals surface area (Å²) >= 11 is 0. The standard InChI is InChI=1S/C26H27FN4O2/c1-18-16-30(17-19-6-9-23(27)10-7-19)12-13-31(18)25(32)11-8-22-14-20-4-2-3-5-21(20)15-24(22)29-26(28)33/h2-11,14-15,18H,12-13,16-17H2,1H3,(H3,28,29,33). The molecule has 33 heavy (non-hydrogen) atoms. The van der Waals surface area contributed by atoms with Crippen molar-refractivity contribution in [2.75, 3.05) is 25.0 Å². The highest BCUT2D eigenvalue weighted by Gasteiger charge is 2.26. The van der Waals surface area contributed by atoms with Gasteiger partial charge in [0.1, 0.15) is 5.82 Å². The number of nitrogens with one attached hydrogen (secondary N) is 1. The highest BCUT2D eigenvalue weighted by atomic mass is 19.1. The molecule has 3 amide bonds. The maximum Gasteiger partial charge on any atom is 0.316 e. The van der Waals surface area contributed by atoms with Crippen molar-refractivity contribution in [1.82, 2.24) is 9.80 Å². The Morgan fingerprint density at radius 2 is 1.79 bits per heavy atom. The topological polar surface area (TPSA) is 78.7 Å². The van der Waals surface area contributed by atoms with Crippen LogP contribution >= 0.6 is 0 Å². The van der Waals surface area contributed by atoms with Crippen LogP contribution in [0.5, 0.6) is 0 Å². The summed E-state index contributed by atoms with van der Waals surface area (Å²) in [5.41, 5.74) is 7.65. The maximum atomic E-state index is 13.1. The zero-order valence-electron chi connectivity index (χ0n) is 18.5. The summed E-state index contributed by atoms with van der Waals surface area (Å²) < 4.78 is 13.1. The van der Waals surface area contributed by atoms with Gasteiger partial charge < -0.3 is 16.0 Å². The summed E-state index contributed by atoms with van der Waals surface area (Å²) in [5, 5.41) is 4.61. The quantitative estimate of drug-likeness (QED) is 0.576. The average Bonchev–Trinajstić information content (AvgIpc) is 2.78. The van der Waals surface area contributed by atoms with Crippen molar-refractivity contribution in [3.05, 3.63) is 83.7 Å². The lowest BCUT2D eigenvalue weighted by molar-refractivity contribution is -0.130. The Hall–Kier alpha value is -3.71. The Morgan fingerprint density at radius 3 is 2.45 bits per heavy atom. The highest BCUT2D eigenvalue weighted by molar-refractivity contribution is 5.99. The number of fused-ring (bicyclic) bond motifs is 1. The van der Waals surface area contributed by atoms with Gasteiger partial charge in [-0.05, 0) is 59.2 Å². The smallest absolute Gasteiger partial charge is 0.316 e. The molecule has 0 radical (unpaired) electrons. The predicted molar refractivity (Wildman–Crippen MR) is 129 cm³/mol. The number of benzene rings is 3. The van der Waals surface area contributed by atoms with E-state index in [2.05, 4.69) is 10.2 Å². The SMILES string of the molecule is CC1CN(Cc2ccc(F)cc2)CCN1C(=O)C=Cc1cc2ccccc2cc1NC(N)=O. The first-order chi connectivity index (χ1) is 15.9. The molecule has 1 aliphatic heterocycles. The van der Waals surface area contributed by atoms with Crippen molar-refractivity contribution in [3.8, 4) is 0 Å². The highest BCUT2D eigenvalue weighted by Crippen LogP contribution is 2.25. The van der Waals surface area contributed by atoms with Crippen molar-refractivity contribution in [3.63, 3.8) is 0 Å². The van der Waals surface area contributed by atoms with Gasteiger partial charge in [-0.15, -0.1) is 0 Å². The van der Waals surface area contributed by atoms with Crippen molar-refractivity contribution in [2.45, 2.75) is 19.5 Å². The Bertz CT molecular complexity index is 1190. The molecule has 0 saturated carbocycles. The van der Waals surface area contributed by atoms with Gasteiger partial charge in [-0.1, -0.05) is 36.4 Å². The fourth-order valence-corrected chi connectivity index (χ4v) is 4.25. The minimum Gasteiger partial charge on any atom is -0.351 e. The fourth-order valence-electron chi connectivity index (χ4n) is 4.25. The molecule has 0 bridgehead atoms. The monoisotopic (exact) mass is 446 g/mol. The van der Waals surface area contributed by atoms with Crippen LogP contribution in [0.15, 0.2) is 66.7 Å². The van der Waals surface area contributed by atoms with E-state index < -0.39 is 6.03 Å². The molecule has 1 atom stereocenters. The van der Waals surface area contributed by atoms with E-state index in [9.17, 15) is 14.0 Å². The maximum absolute atomic E-state index is 13.1. The Labute approximate surface area is 192 Å². The summed E-state index contributed by atoms with van der Waals surface area (Å²) in [4.78, 5) is 28.5. The summed E-state index contributed by atoms with van der Waals surface area (Å²) in [7, 11) is 0. The van der Waals surface area contributed by atoms with Crippen molar-refractivity contribution < 1.29 is 14.0 Å². The van der Waals surface area contributed by atoms with Crippen molar-refractivity contribution in [2.24, 2.45) is 5.73 Å². The molecule has 1 fully saturated rings. The van der Waals surface area contributed by atoms with E-state index in [1.165, 1.54) is 12.1 Å². The number of anilines is 1. The number of hydrogen-bond acceptors (Lipinski definition) is 3. The number of nitrogens with zero attached hydrogens (tertiary/aromatic N) is 2. The van der Waals surface area contributed by atoms with Crippen LogP contribution in [0.2, 0.25) is 0 Å². The number of carbonyl (C=O) groups excluding carboxylic acids is 2. The molecule has 170 valence electrons. The molecule has 1 aliphatic rings. The number of halogens is 1. The third kappa shape index (κ3) is 5.56. The summed E-state index contributed by atoms with van der Waals surface area (Å²) in [6, 6.07) is 17.5. The van der Waals surface area contributed by atoms with Crippen LogP contribution in [0.3, 0.4) is 0 Å². The van der Waals surface area contributed by atoms with E-state index in [0.29, 0.717) is 17.8 Å². The van der Waals surface area contributed by atoms with E-state index in [-0.39, 0.29) is 17.8 Å². The second-order valence-corrected chi connectivity index (χ2v) is 8.35. The van der Waals surface area contributed by atoms with Crippen LogP contribution in [0, 0.1) is 5.82 Å². The molecular weight excluding hydrogens is 419 g/mol. The summed E-state index contributed by atoms with van der Waals surface area (Å²) in [5.74, 6) is -0.322. The number of urea groups is 1. The molecule has 3 N–H and O–H groups in total. The molecule has 6 nitrogen and oxygen atoms in total. The van der Waals surface area contributed by atoms with Gasteiger partial charge in [-0.2, -0.15) is 0 Å². The average molecular weight is 447 g/mol. The second-order valence-electron chi connectivity index (χ2n) is 8.35. The molecule has 3 aromatic rings. The Morgan fingerprint density at radius 1 is 1.09 bits per heavy atom. The van der Waals surface area contributed by atoms with E-state index in [0.717, 1.165) is 36.0 Å². The van der Waals surface area contributed by atoms with E-state index in [4.69, 9.17) is 5.73 Å². The molecule has 0 spiro atoms.